The van der Waals surface area contributed by atoms with E-state index in [1.807, 2.05) is 36.4 Å². The van der Waals surface area contributed by atoms with Crippen LogP contribution in [0.5, 0.6) is 0 Å². The van der Waals surface area contributed by atoms with E-state index < -0.39 is 5.91 Å². The molecule has 0 aliphatic rings. The molecule has 102 valence electrons. The van der Waals surface area contributed by atoms with E-state index in [-0.39, 0.29) is 12.3 Å². The summed E-state index contributed by atoms with van der Waals surface area (Å²) in [5, 5.41) is 12.6. The van der Waals surface area contributed by atoms with Gasteiger partial charge < -0.3 is 4.84 Å². The van der Waals surface area contributed by atoms with Crippen LogP contribution in [0.2, 0.25) is 0 Å². The second-order valence-corrected chi connectivity index (χ2v) is 4.01. The summed E-state index contributed by atoms with van der Waals surface area (Å²) >= 11 is 0. The fraction of sp³-hybridized carbons (Fsp3) is 0.0667. The van der Waals surface area contributed by atoms with Crippen LogP contribution in [0.4, 0.5) is 0 Å². The third-order valence-electron chi connectivity index (χ3n) is 2.59. The molecule has 2 rings (SSSR count). The lowest BCUT2D eigenvalue weighted by Gasteiger charge is -2.05. The smallest absolute Gasteiger partial charge is 0.297 e. The maximum Gasteiger partial charge on any atom is 0.297 e. The number of amides is 1. The van der Waals surface area contributed by atoms with Crippen molar-refractivity contribution in [2.75, 3.05) is 0 Å². The highest BCUT2D eigenvalue weighted by atomic mass is 16.6. The lowest BCUT2D eigenvalue weighted by atomic mass is 10.1. The summed E-state index contributed by atoms with van der Waals surface area (Å²) in [6.07, 6.45) is 0. The molecule has 0 saturated carbocycles. The minimum absolute atomic E-state index is 0.0176. The minimum Gasteiger partial charge on any atom is -0.390 e. The molecule has 0 aliphatic heterocycles. The number of hydrogen-bond acceptors (Lipinski definition) is 4. The van der Waals surface area contributed by atoms with Crippen molar-refractivity contribution in [2.45, 2.75) is 6.61 Å². The number of hydrogen-bond donors (Lipinski definition) is 2. The van der Waals surface area contributed by atoms with Crippen LogP contribution in [-0.2, 0) is 16.2 Å². The van der Waals surface area contributed by atoms with Crippen molar-refractivity contribution in [3.63, 3.8) is 0 Å². The summed E-state index contributed by atoms with van der Waals surface area (Å²) in [5.74, 6) is -0.718. The van der Waals surface area contributed by atoms with E-state index in [0.29, 0.717) is 5.56 Å². The number of rotatable bonds is 5. The van der Waals surface area contributed by atoms with Gasteiger partial charge in [-0.2, -0.15) is 0 Å². The van der Waals surface area contributed by atoms with Gasteiger partial charge in [-0.3, -0.25) is 10.0 Å². The van der Waals surface area contributed by atoms with E-state index in [1.54, 1.807) is 29.7 Å². The molecule has 20 heavy (non-hydrogen) atoms. The number of nitrogens with zero attached hydrogens (tertiary/aromatic N) is 1. The van der Waals surface area contributed by atoms with Crippen molar-refractivity contribution in [1.82, 2.24) is 5.48 Å². The van der Waals surface area contributed by atoms with Crippen molar-refractivity contribution >= 4 is 11.6 Å². The third kappa shape index (κ3) is 3.66. The maximum absolute atomic E-state index is 11.6. The fourth-order valence-electron chi connectivity index (χ4n) is 1.62. The fourth-order valence-corrected chi connectivity index (χ4v) is 1.62. The molecule has 5 heteroatoms. The van der Waals surface area contributed by atoms with Crippen LogP contribution in [-0.4, -0.2) is 16.8 Å². The molecule has 0 aromatic heterocycles. The van der Waals surface area contributed by atoms with Crippen LogP contribution >= 0.6 is 0 Å². The van der Waals surface area contributed by atoms with E-state index in [0.717, 1.165) is 5.56 Å². The molecular formula is C15H14N2O3. The Morgan fingerprint density at radius 2 is 1.65 bits per heavy atom. The van der Waals surface area contributed by atoms with Crippen molar-refractivity contribution in [3.8, 4) is 0 Å². The highest BCUT2D eigenvalue weighted by Crippen LogP contribution is 2.05. The molecule has 2 N–H and O–H groups in total. The molecule has 0 radical (unpaired) electrons. The number of benzene rings is 2. The van der Waals surface area contributed by atoms with Gasteiger partial charge in [-0.25, -0.2) is 5.48 Å². The molecule has 5 nitrogen and oxygen atoms in total. The molecule has 0 saturated heterocycles. The number of carbonyl (C=O) groups is 1. The molecule has 0 heterocycles. The molecular weight excluding hydrogens is 256 g/mol. The first-order valence-electron chi connectivity index (χ1n) is 6.05. The van der Waals surface area contributed by atoms with Crippen molar-refractivity contribution in [3.05, 3.63) is 71.8 Å². The quantitative estimate of drug-likeness (QED) is 0.496. The minimum atomic E-state index is -0.718. The Hall–Kier alpha value is -2.66. The standard InChI is InChI=1S/C15H14N2O3/c18-15(16-19)14(13-9-5-2-6-10-13)17-20-11-12-7-3-1-4-8-12/h1-10,19H,11H2,(H,16,18)/b17-14-. The molecule has 0 aliphatic carbocycles. The lowest BCUT2D eigenvalue weighted by Crippen LogP contribution is -2.29. The maximum atomic E-state index is 11.6. The van der Waals surface area contributed by atoms with E-state index in [1.165, 1.54) is 0 Å². The van der Waals surface area contributed by atoms with E-state index in [2.05, 4.69) is 5.16 Å². The first-order valence-corrected chi connectivity index (χ1v) is 6.05. The molecule has 0 spiro atoms. The summed E-state index contributed by atoms with van der Waals surface area (Å²) in [7, 11) is 0. The number of hydroxylamine groups is 1. The van der Waals surface area contributed by atoms with Crippen LogP contribution < -0.4 is 5.48 Å². The molecule has 0 unspecified atom stereocenters. The van der Waals surface area contributed by atoms with E-state index >= 15 is 0 Å². The second-order valence-electron chi connectivity index (χ2n) is 4.01. The van der Waals surface area contributed by atoms with Crippen LogP contribution in [0.1, 0.15) is 11.1 Å². The van der Waals surface area contributed by atoms with Gasteiger partial charge in [0.2, 0.25) is 0 Å². The number of nitrogens with one attached hydrogen (secondary N) is 1. The topological polar surface area (TPSA) is 70.9 Å². The number of carbonyl (C=O) groups excluding carboxylic acids is 1. The van der Waals surface area contributed by atoms with Crippen LogP contribution in [0.3, 0.4) is 0 Å². The van der Waals surface area contributed by atoms with Gasteiger partial charge >= 0.3 is 0 Å². The zero-order chi connectivity index (χ0) is 14.2. The Balaban J connectivity index is 2.11. The molecule has 0 fully saturated rings. The van der Waals surface area contributed by atoms with Crippen LogP contribution in [0.25, 0.3) is 0 Å². The first kappa shape index (κ1) is 13.8. The lowest BCUT2D eigenvalue weighted by molar-refractivity contribution is -0.122. The van der Waals surface area contributed by atoms with Crippen LogP contribution in [0.15, 0.2) is 65.8 Å². The Labute approximate surface area is 116 Å². The van der Waals surface area contributed by atoms with Crippen LogP contribution in [0, 0.1) is 0 Å². The van der Waals surface area contributed by atoms with Crippen molar-refractivity contribution in [2.24, 2.45) is 5.16 Å². The second kappa shape index (κ2) is 7.06. The summed E-state index contributed by atoms with van der Waals surface area (Å²) < 4.78 is 0. The average Bonchev–Trinajstić information content (AvgIpc) is 2.53. The Morgan fingerprint density at radius 1 is 1.05 bits per heavy atom. The van der Waals surface area contributed by atoms with Gasteiger partial charge in [-0.15, -0.1) is 0 Å². The Kier molecular flexibility index (Phi) is 4.86. The van der Waals surface area contributed by atoms with Gasteiger partial charge in [-0.05, 0) is 5.56 Å². The Morgan fingerprint density at radius 3 is 2.25 bits per heavy atom. The highest BCUT2D eigenvalue weighted by Gasteiger charge is 2.13. The normalized spacial score (nSPS) is 10.9. The first-order chi connectivity index (χ1) is 9.81. The largest absolute Gasteiger partial charge is 0.390 e. The van der Waals surface area contributed by atoms with E-state index in [4.69, 9.17) is 10.0 Å². The molecule has 0 bridgehead atoms. The SMILES string of the molecule is O=C(NO)/C(=N\OCc1ccccc1)c1ccccc1. The third-order valence-corrected chi connectivity index (χ3v) is 2.59. The van der Waals surface area contributed by atoms with Gasteiger partial charge in [0.15, 0.2) is 5.71 Å². The van der Waals surface area contributed by atoms with Crippen molar-refractivity contribution < 1.29 is 14.8 Å². The molecule has 2 aromatic rings. The summed E-state index contributed by atoms with van der Waals surface area (Å²) in [4.78, 5) is 16.8. The van der Waals surface area contributed by atoms with Gasteiger partial charge in [0.25, 0.3) is 5.91 Å². The predicted octanol–water partition coefficient (Wildman–Crippen LogP) is 2.11. The molecule has 0 atom stereocenters. The Bertz CT molecular complexity index is 583. The van der Waals surface area contributed by atoms with E-state index in [9.17, 15) is 4.79 Å². The van der Waals surface area contributed by atoms with Gasteiger partial charge in [0, 0.05) is 5.56 Å². The average molecular weight is 270 g/mol. The molecule has 1 amide bonds. The number of oxime groups is 1. The van der Waals surface area contributed by atoms with Gasteiger partial charge in [0.1, 0.15) is 6.61 Å². The predicted molar refractivity (Wildman–Crippen MR) is 74.1 cm³/mol. The zero-order valence-corrected chi connectivity index (χ0v) is 10.7. The summed E-state index contributed by atoms with van der Waals surface area (Å²) in [5.41, 5.74) is 3.08. The summed E-state index contributed by atoms with van der Waals surface area (Å²) in [6, 6.07) is 18.2. The summed E-state index contributed by atoms with van der Waals surface area (Å²) in [6.45, 7) is 0.246. The van der Waals surface area contributed by atoms with Gasteiger partial charge in [-0.1, -0.05) is 65.8 Å². The van der Waals surface area contributed by atoms with Gasteiger partial charge in [0.05, 0.1) is 0 Å². The zero-order valence-electron chi connectivity index (χ0n) is 10.7. The monoisotopic (exact) mass is 270 g/mol. The van der Waals surface area contributed by atoms with Crippen molar-refractivity contribution in [1.29, 1.82) is 0 Å². The highest BCUT2D eigenvalue weighted by molar-refractivity contribution is 6.44. The molecule has 2 aromatic carbocycles.